The summed E-state index contributed by atoms with van der Waals surface area (Å²) in [5.41, 5.74) is 6.73. The van der Waals surface area contributed by atoms with Crippen LogP contribution in [0.2, 0.25) is 0 Å². The van der Waals surface area contributed by atoms with Crippen LogP contribution in [0.15, 0.2) is 76.5 Å². The van der Waals surface area contributed by atoms with Gasteiger partial charge in [0.15, 0.2) is 0 Å². The highest BCUT2D eigenvalue weighted by molar-refractivity contribution is 7.13. The Morgan fingerprint density at radius 2 is 1.56 bits per heavy atom. The summed E-state index contributed by atoms with van der Waals surface area (Å²) in [6, 6.07) is 15.9. The van der Waals surface area contributed by atoms with E-state index in [1.807, 2.05) is 41.8 Å². The lowest BCUT2D eigenvalue weighted by Crippen LogP contribution is -2.32. The Hall–Kier alpha value is -3.71. The first-order valence-electron chi connectivity index (χ1n) is 10.8. The molecule has 6 nitrogen and oxygen atoms in total. The Balaban J connectivity index is 1.90. The van der Waals surface area contributed by atoms with Gasteiger partial charge in [0.1, 0.15) is 5.01 Å². The number of aryl methyl sites for hydroxylation is 1. The predicted octanol–water partition coefficient (Wildman–Crippen LogP) is 5.37. The van der Waals surface area contributed by atoms with E-state index in [2.05, 4.69) is 24.4 Å². The first-order valence-corrected chi connectivity index (χ1v) is 11.7. The van der Waals surface area contributed by atoms with Gasteiger partial charge in [-0.05, 0) is 32.4 Å². The second-order valence-corrected chi connectivity index (χ2v) is 8.97. The maximum absolute atomic E-state index is 12.9. The van der Waals surface area contributed by atoms with E-state index in [0.29, 0.717) is 22.5 Å². The number of nitrogens with zero attached hydrogens (tertiary/aromatic N) is 1. The molecular weight excluding hydrogens is 448 g/mol. The van der Waals surface area contributed by atoms with E-state index in [4.69, 9.17) is 14.5 Å². The van der Waals surface area contributed by atoms with E-state index in [1.54, 1.807) is 13.8 Å². The van der Waals surface area contributed by atoms with Crippen molar-refractivity contribution in [2.45, 2.75) is 26.7 Å². The molecule has 34 heavy (non-hydrogen) atoms. The molecule has 0 saturated carbocycles. The minimum absolute atomic E-state index is 0.372. The highest BCUT2D eigenvalue weighted by Gasteiger charge is 2.38. The molecular formula is C27H26N2O4S. The van der Waals surface area contributed by atoms with Gasteiger partial charge in [-0.1, -0.05) is 48.0 Å². The Morgan fingerprint density at radius 1 is 0.912 bits per heavy atom. The topological polar surface area (TPSA) is 77.5 Å². The van der Waals surface area contributed by atoms with Gasteiger partial charge in [0.25, 0.3) is 0 Å². The molecule has 3 aromatic rings. The normalized spacial score (nSPS) is 14.1. The lowest BCUT2D eigenvalue weighted by molar-refractivity contribution is -0.137. The maximum Gasteiger partial charge on any atom is 0.336 e. The average molecular weight is 475 g/mol. The molecule has 1 N–H and O–H groups in total. The number of thiazole rings is 1. The molecule has 0 atom stereocenters. The molecule has 1 aliphatic heterocycles. The van der Waals surface area contributed by atoms with Crippen molar-refractivity contribution in [2.24, 2.45) is 0 Å². The second kappa shape index (κ2) is 9.65. The molecule has 7 heteroatoms. The number of allylic oxidation sites excluding steroid dienone is 2. The molecule has 0 aliphatic carbocycles. The Kier molecular flexibility index (Phi) is 6.65. The fraction of sp³-hybridized carbons (Fsp3) is 0.222. The minimum atomic E-state index is -0.663. The van der Waals surface area contributed by atoms with Crippen LogP contribution in [-0.2, 0) is 19.1 Å². The monoisotopic (exact) mass is 474 g/mol. The zero-order valence-corrected chi connectivity index (χ0v) is 20.6. The molecule has 0 unspecified atom stereocenters. The Bertz CT molecular complexity index is 1300. The number of carbonyl (C=O) groups excluding carboxylic acids is 2. The van der Waals surface area contributed by atoms with E-state index in [0.717, 1.165) is 33.0 Å². The largest absolute Gasteiger partial charge is 0.466 e. The van der Waals surface area contributed by atoms with Gasteiger partial charge < -0.3 is 14.8 Å². The van der Waals surface area contributed by atoms with E-state index >= 15 is 0 Å². The van der Waals surface area contributed by atoms with Gasteiger partial charge in [-0.25, -0.2) is 14.6 Å². The molecule has 1 aliphatic rings. The van der Waals surface area contributed by atoms with Gasteiger partial charge in [0, 0.05) is 27.9 Å². The van der Waals surface area contributed by atoms with Gasteiger partial charge in [0.05, 0.1) is 37.0 Å². The lowest BCUT2D eigenvalue weighted by Gasteiger charge is -2.31. The summed E-state index contributed by atoms with van der Waals surface area (Å²) in [6.07, 6.45) is 0. The number of rotatable bonds is 5. The Labute approximate surface area is 202 Å². The van der Waals surface area contributed by atoms with Crippen molar-refractivity contribution in [1.82, 2.24) is 10.3 Å². The maximum atomic E-state index is 12.9. The summed E-state index contributed by atoms with van der Waals surface area (Å²) >= 11 is 1.52. The highest BCUT2D eigenvalue weighted by Crippen LogP contribution is 2.43. The molecule has 2 heterocycles. The number of ether oxygens (including phenoxy) is 2. The van der Waals surface area contributed by atoms with Crippen LogP contribution in [0.4, 0.5) is 0 Å². The van der Waals surface area contributed by atoms with Crippen molar-refractivity contribution in [3.63, 3.8) is 0 Å². The van der Waals surface area contributed by atoms with Crippen molar-refractivity contribution in [2.75, 3.05) is 14.2 Å². The van der Waals surface area contributed by atoms with Crippen LogP contribution in [-0.4, -0.2) is 31.1 Å². The van der Waals surface area contributed by atoms with E-state index in [-0.39, 0.29) is 0 Å². The third-order valence-electron chi connectivity index (χ3n) is 5.89. The summed E-state index contributed by atoms with van der Waals surface area (Å²) in [5.74, 6) is -1.67. The van der Waals surface area contributed by atoms with Crippen molar-refractivity contribution >= 4 is 23.3 Å². The zero-order valence-electron chi connectivity index (χ0n) is 19.8. The fourth-order valence-electron chi connectivity index (χ4n) is 4.34. The van der Waals surface area contributed by atoms with Crippen LogP contribution < -0.4 is 5.32 Å². The van der Waals surface area contributed by atoms with Gasteiger partial charge in [-0.3, -0.25) is 0 Å². The van der Waals surface area contributed by atoms with Crippen LogP contribution in [0.25, 0.3) is 21.8 Å². The van der Waals surface area contributed by atoms with Crippen LogP contribution in [0, 0.1) is 6.92 Å². The third-order valence-corrected chi connectivity index (χ3v) is 6.77. The number of hydrogen-bond acceptors (Lipinski definition) is 7. The molecule has 0 radical (unpaired) electrons. The van der Waals surface area contributed by atoms with Crippen LogP contribution in [0.1, 0.15) is 30.9 Å². The second-order valence-electron chi connectivity index (χ2n) is 8.11. The third kappa shape index (κ3) is 4.26. The van der Waals surface area contributed by atoms with Gasteiger partial charge in [-0.2, -0.15) is 0 Å². The van der Waals surface area contributed by atoms with Crippen molar-refractivity contribution < 1.29 is 19.1 Å². The number of nitrogens with one attached hydrogen (secondary N) is 1. The number of esters is 2. The average Bonchev–Trinajstić information content (AvgIpc) is 3.33. The predicted molar refractivity (Wildman–Crippen MR) is 133 cm³/mol. The molecule has 0 fully saturated rings. The number of dihydropyridines is 1. The summed E-state index contributed by atoms with van der Waals surface area (Å²) in [7, 11) is 2.67. The number of aromatic nitrogens is 1. The standard InChI is InChI=1S/C27H26N2O4S/c1-15-9-8-10-18(13-15)21-14-34-25(29-21)20-12-7-6-11-19(20)24-22(26(30)32-4)16(2)28-17(3)23(24)27(31)33-5/h6-14,24,28H,1-5H3. The van der Waals surface area contributed by atoms with Crippen LogP contribution >= 0.6 is 11.3 Å². The van der Waals surface area contributed by atoms with E-state index in [9.17, 15) is 9.59 Å². The first kappa shape index (κ1) is 23.4. The van der Waals surface area contributed by atoms with Crippen molar-refractivity contribution in [1.29, 1.82) is 0 Å². The number of methoxy groups -OCH3 is 2. The molecule has 0 bridgehead atoms. The smallest absolute Gasteiger partial charge is 0.336 e. The molecule has 0 amide bonds. The quantitative estimate of drug-likeness (QED) is 0.501. The zero-order chi connectivity index (χ0) is 24.4. The van der Waals surface area contributed by atoms with E-state index < -0.39 is 17.9 Å². The number of carbonyl (C=O) groups is 2. The Morgan fingerprint density at radius 3 is 2.18 bits per heavy atom. The van der Waals surface area contributed by atoms with E-state index in [1.165, 1.54) is 25.6 Å². The van der Waals surface area contributed by atoms with Gasteiger partial charge in [-0.15, -0.1) is 11.3 Å². The molecule has 174 valence electrons. The summed E-state index contributed by atoms with van der Waals surface area (Å²) in [5, 5.41) is 5.97. The molecule has 0 spiro atoms. The van der Waals surface area contributed by atoms with Gasteiger partial charge in [0.2, 0.25) is 0 Å². The van der Waals surface area contributed by atoms with Crippen molar-refractivity contribution in [3.05, 3.63) is 87.6 Å². The molecule has 2 aromatic carbocycles. The number of benzene rings is 2. The molecule has 4 rings (SSSR count). The lowest BCUT2D eigenvalue weighted by atomic mass is 9.78. The summed E-state index contributed by atoms with van der Waals surface area (Å²) in [6.45, 7) is 5.66. The fourth-order valence-corrected chi connectivity index (χ4v) is 5.22. The van der Waals surface area contributed by atoms with Crippen molar-refractivity contribution in [3.8, 4) is 21.8 Å². The SMILES string of the molecule is COC(=O)C1=C(C)NC(C)=C(C(=O)OC)C1c1ccccc1-c1nc(-c2cccc(C)c2)cs1. The first-order chi connectivity index (χ1) is 16.3. The van der Waals surface area contributed by atoms with Crippen LogP contribution in [0.3, 0.4) is 0 Å². The van der Waals surface area contributed by atoms with Crippen LogP contribution in [0.5, 0.6) is 0 Å². The summed E-state index contributed by atoms with van der Waals surface area (Å²) < 4.78 is 10.2. The van der Waals surface area contributed by atoms with Gasteiger partial charge >= 0.3 is 11.9 Å². The summed E-state index contributed by atoms with van der Waals surface area (Å²) in [4.78, 5) is 30.7. The molecule has 1 aromatic heterocycles. The minimum Gasteiger partial charge on any atom is -0.466 e. The number of hydrogen-bond donors (Lipinski definition) is 1. The highest BCUT2D eigenvalue weighted by atomic mass is 32.1. The molecule has 0 saturated heterocycles.